The van der Waals surface area contributed by atoms with Crippen molar-refractivity contribution in [3.8, 4) is 0 Å². The zero-order chi connectivity index (χ0) is 8.27. The minimum absolute atomic E-state index is 0.690. The molecule has 0 aromatic rings. The Morgan fingerprint density at radius 1 is 1.55 bits per heavy atom. The highest BCUT2D eigenvalue weighted by Crippen LogP contribution is 2.07. The van der Waals surface area contributed by atoms with Crippen LogP contribution < -0.4 is 5.32 Å². The van der Waals surface area contributed by atoms with E-state index < -0.39 is 0 Å². The second kappa shape index (κ2) is 4.07. The van der Waals surface area contributed by atoms with E-state index in [-0.39, 0.29) is 0 Å². The number of rotatable bonds is 4. The van der Waals surface area contributed by atoms with Crippen molar-refractivity contribution in [2.24, 2.45) is 0 Å². The first-order valence-electron chi connectivity index (χ1n) is 4.64. The molecule has 0 aromatic carbocycles. The van der Waals surface area contributed by atoms with Crippen molar-refractivity contribution >= 4 is 0 Å². The third kappa shape index (κ3) is 2.80. The Labute approximate surface area is 70.0 Å². The molecular formula is C9H20N2. The monoisotopic (exact) mass is 156 g/mol. The molecule has 0 radical (unpaired) electrons. The summed E-state index contributed by atoms with van der Waals surface area (Å²) in [6, 6.07) is 1.51. The van der Waals surface area contributed by atoms with Gasteiger partial charge in [-0.05, 0) is 46.8 Å². The van der Waals surface area contributed by atoms with Crippen LogP contribution >= 0.6 is 0 Å². The highest BCUT2D eigenvalue weighted by atomic mass is 15.1. The van der Waals surface area contributed by atoms with Gasteiger partial charge in [0.1, 0.15) is 0 Å². The fraction of sp³-hybridized carbons (Fsp3) is 1.00. The van der Waals surface area contributed by atoms with E-state index in [0.29, 0.717) is 6.04 Å². The van der Waals surface area contributed by atoms with Crippen LogP contribution in [0.4, 0.5) is 0 Å². The highest BCUT2D eigenvalue weighted by molar-refractivity contribution is 4.78. The second-order valence-electron chi connectivity index (χ2n) is 3.80. The van der Waals surface area contributed by atoms with Crippen molar-refractivity contribution < 1.29 is 0 Å². The predicted molar refractivity (Wildman–Crippen MR) is 48.8 cm³/mol. The molecule has 0 aliphatic carbocycles. The van der Waals surface area contributed by atoms with Gasteiger partial charge in [-0.25, -0.2) is 0 Å². The van der Waals surface area contributed by atoms with Gasteiger partial charge in [-0.1, -0.05) is 0 Å². The van der Waals surface area contributed by atoms with Crippen molar-refractivity contribution in [3.63, 3.8) is 0 Å². The van der Waals surface area contributed by atoms with E-state index in [1.165, 1.54) is 25.9 Å². The molecule has 1 heterocycles. The van der Waals surface area contributed by atoms with E-state index in [1.54, 1.807) is 0 Å². The molecule has 1 atom stereocenters. The van der Waals surface area contributed by atoms with Crippen molar-refractivity contribution in [2.45, 2.75) is 38.8 Å². The predicted octanol–water partition coefficient (Wildman–Crippen LogP) is 1.08. The Balaban J connectivity index is 2.01. The van der Waals surface area contributed by atoms with Crippen LogP contribution in [0.1, 0.15) is 26.7 Å². The summed E-state index contributed by atoms with van der Waals surface area (Å²) < 4.78 is 0. The van der Waals surface area contributed by atoms with Crippen LogP contribution in [0.2, 0.25) is 0 Å². The molecule has 0 aromatic heterocycles. The molecule has 1 rings (SSSR count). The molecule has 1 N–H and O–H groups in total. The lowest BCUT2D eigenvalue weighted by Gasteiger charge is -2.30. The lowest BCUT2D eigenvalue weighted by Crippen LogP contribution is -2.45. The first kappa shape index (κ1) is 9.01. The van der Waals surface area contributed by atoms with Crippen LogP contribution in [0.25, 0.3) is 0 Å². The first-order valence-corrected chi connectivity index (χ1v) is 4.64. The molecule has 0 amide bonds. The average Bonchev–Trinajstić information content (AvgIpc) is 1.83. The molecule has 1 fully saturated rings. The molecule has 0 bridgehead atoms. The van der Waals surface area contributed by atoms with Crippen LogP contribution in [0, 0.1) is 0 Å². The minimum Gasteiger partial charge on any atom is -0.314 e. The molecule has 66 valence electrons. The third-order valence-electron chi connectivity index (χ3n) is 2.64. The van der Waals surface area contributed by atoms with Gasteiger partial charge >= 0.3 is 0 Å². The fourth-order valence-electron chi connectivity index (χ4n) is 1.21. The van der Waals surface area contributed by atoms with Crippen LogP contribution in [0.15, 0.2) is 0 Å². The van der Waals surface area contributed by atoms with Gasteiger partial charge in [0.2, 0.25) is 0 Å². The summed E-state index contributed by atoms with van der Waals surface area (Å²) in [5.74, 6) is 0. The summed E-state index contributed by atoms with van der Waals surface area (Å²) in [6.45, 7) is 6.95. The molecule has 1 aliphatic heterocycles. The molecule has 1 saturated heterocycles. The van der Waals surface area contributed by atoms with Gasteiger partial charge in [-0.2, -0.15) is 0 Å². The molecular weight excluding hydrogens is 136 g/mol. The van der Waals surface area contributed by atoms with Gasteiger partial charge in [-0.3, -0.25) is 0 Å². The van der Waals surface area contributed by atoms with Crippen molar-refractivity contribution in [1.82, 2.24) is 10.2 Å². The Morgan fingerprint density at radius 2 is 2.18 bits per heavy atom. The van der Waals surface area contributed by atoms with Crippen LogP contribution in [-0.4, -0.2) is 37.1 Å². The summed E-state index contributed by atoms with van der Waals surface area (Å²) in [5.41, 5.74) is 0. The normalized spacial score (nSPS) is 24.3. The van der Waals surface area contributed by atoms with Crippen LogP contribution in [0.3, 0.4) is 0 Å². The third-order valence-corrected chi connectivity index (χ3v) is 2.64. The van der Waals surface area contributed by atoms with E-state index >= 15 is 0 Å². The highest BCUT2D eigenvalue weighted by Gasteiger charge is 2.16. The summed E-state index contributed by atoms with van der Waals surface area (Å²) in [4.78, 5) is 2.40. The Morgan fingerprint density at radius 3 is 2.55 bits per heavy atom. The standard InChI is InChI=1S/C9H20N2/c1-8(2)11(3)7-5-9-4-6-10-9/h8-10H,4-7H2,1-3H3. The van der Waals surface area contributed by atoms with Gasteiger partial charge in [-0.15, -0.1) is 0 Å². The Hall–Kier alpha value is -0.0800. The molecule has 2 heteroatoms. The smallest absolute Gasteiger partial charge is 0.00913 e. The summed E-state index contributed by atoms with van der Waals surface area (Å²) in [6.07, 6.45) is 2.70. The van der Waals surface area contributed by atoms with Gasteiger partial charge in [0, 0.05) is 12.1 Å². The number of hydrogen-bond donors (Lipinski definition) is 1. The summed E-state index contributed by atoms with van der Waals surface area (Å²) in [5, 5.41) is 3.41. The topological polar surface area (TPSA) is 15.3 Å². The van der Waals surface area contributed by atoms with E-state index in [9.17, 15) is 0 Å². The zero-order valence-electron chi connectivity index (χ0n) is 7.93. The van der Waals surface area contributed by atoms with Gasteiger partial charge in [0.05, 0.1) is 0 Å². The maximum Gasteiger partial charge on any atom is 0.00913 e. The van der Waals surface area contributed by atoms with Crippen molar-refractivity contribution in [1.29, 1.82) is 0 Å². The maximum absolute atomic E-state index is 3.41. The van der Waals surface area contributed by atoms with Crippen LogP contribution in [0.5, 0.6) is 0 Å². The Bertz CT molecular complexity index is 108. The second-order valence-corrected chi connectivity index (χ2v) is 3.80. The van der Waals surface area contributed by atoms with E-state index in [2.05, 4.69) is 31.1 Å². The van der Waals surface area contributed by atoms with Crippen LogP contribution in [-0.2, 0) is 0 Å². The molecule has 11 heavy (non-hydrogen) atoms. The lowest BCUT2D eigenvalue weighted by atomic mass is 10.0. The SMILES string of the molecule is CC(C)N(C)CCC1CCN1. The molecule has 2 nitrogen and oxygen atoms in total. The number of hydrogen-bond acceptors (Lipinski definition) is 2. The maximum atomic E-state index is 3.41. The quantitative estimate of drug-likeness (QED) is 0.655. The van der Waals surface area contributed by atoms with Gasteiger partial charge in [0.15, 0.2) is 0 Å². The van der Waals surface area contributed by atoms with Gasteiger partial charge in [0.25, 0.3) is 0 Å². The minimum atomic E-state index is 0.690. The molecule has 0 saturated carbocycles. The largest absolute Gasteiger partial charge is 0.314 e. The first-order chi connectivity index (χ1) is 5.20. The summed E-state index contributed by atoms with van der Waals surface area (Å²) >= 11 is 0. The van der Waals surface area contributed by atoms with E-state index in [0.717, 1.165) is 6.04 Å². The Kier molecular flexibility index (Phi) is 3.34. The molecule has 1 aliphatic rings. The van der Waals surface area contributed by atoms with Crippen molar-refractivity contribution in [2.75, 3.05) is 20.1 Å². The lowest BCUT2D eigenvalue weighted by molar-refractivity contribution is 0.236. The average molecular weight is 156 g/mol. The van der Waals surface area contributed by atoms with Crippen molar-refractivity contribution in [3.05, 3.63) is 0 Å². The van der Waals surface area contributed by atoms with E-state index in [4.69, 9.17) is 0 Å². The summed E-state index contributed by atoms with van der Waals surface area (Å²) in [7, 11) is 2.20. The zero-order valence-corrected chi connectivity index (χ0v) is 7.93. The molecule has 0 spiro atoms. The number of nitrogens with zero attached hydrogens (tertiary/aromatic N) is 1. The fourth-order valence-corrected chi connectivity index (χ4v) is 1.21. The molecule has 1 unspecified atom stereocenters. The van der Waals surface area contributed by atoms with E-state index in [1.807, 2.05) is 0 Å². The number of nitrogens with one attached hydrogen (secondary N) is 1. The van der Waals surface area contributed by atoms with Gasteiger partial charge < -0.3 is 10.2 Å².